The molecule has 2 rings (SSSR count). The Hall–Kier alpha value is 0.535. The minimum Gasteiger partial charge on any atom is -0.0788 e. The van der Waals surface area contributed by atoms with E-state index in [1.165, 1.54) is 64.2 Å². The number of hydrogen-bond acceptors (Lipinski definition) is 0. The summed E-state index contributed by atoms with van der Waals surface area (Å²) in [4.78, 5) is 0. The Morgan fingerprint density at radius 2 is 1.25 bits per heavy atom. The lowest BCUT2D eigenvalue weighted by Gasteiger charge is -2.36. The van der Waals surface area contributed by atoms with E-state index in [9.17, 15) is 0 Å². The van der Waals surface area contributed by atoms with Crippen LogP contribution in [0.15, 0.2) is 9.56 Å². The van der Waals surface area contributed by atoms with Crippen molar-refractivity contribution < 1.29 is 0 Å². The van der Waals surface area contributed by atoms with Crippen molar-refractivity contribution in [3.8, 4) is 0 Å². The number of hydrogen-bond donors (Lipinski definition) is 0. The molecule has 2 heteroatoms. The third-order valence-corrected chi connectivity index (χ3v) is 6.24. The van der Waals surface area contributed by atoms with Crippen molar-refractivity contribution >= 4 is 29.3 Å². The molecule has 0 saturated heterocycles. The first-order chi connectivity index (χ1) is 9.47. The van der Waals surface area contributed by atoms with Gasteiger partial charge in [-0.1, -0.05) is 125 Å². The Morgan fingerprint density at radius 3 is 1.60 bits per heavy atom. The van der Waals surface area contributed by atoms with Crippen LogP contribution < -0.4 is 0 Å². The molecule has 2 aliphatic rings. The number of rotatable bonds is 3. The molecule has 0 radical (unpaired) electrons. The third-order valence-electron chi connectivity index (χ3n) is 5.20. The third kappa shape index (κ3) is 5.07. The van der Waals surface area contributed by atoms with E-state index in [1.54, 1.807) is 3.48 Å². The fourth-order valence-electron chi connectivity index (χ4n) is 4.33. The van der Waals surface area contributed by atoms with Crippen LogP contribution in [0.2, 0.25) is 11.6 Å². The molecule has 0 amide bonds. The summed E-state index contributed by atoms with van der Waals surface area (Å²) >= 11 is 2.69. The van der Waals surface area contributed by atoms with Gasteiger partial charge in [-0.05, 0) is 8.89 Å². The lowest BCUT2D eigenvalue weighted by Crippen LogP contribution is -2.31. The monoisotopic (exact) mass is 386 g/mol. The van der Waals surface area contributed by atoms with Gasteiger partial charge in [0.05, 0.1) is 0 Å². The molecule has 0 aromatic carbocycles. The molecule has 0 unspecified atom stereocenters. The second-order valence-electron chi connectivity index (χ2n) is 8.22. The normalized spacial score (nSPS) is 23.9. The van der Waals surface area contributed by atoms with Gasteiger partial charge in [0, 0.05) is 0 Å². The smallest absolute Gasteiger partial charge is 0.0788 e. The number of halogens is 1. The average Bonchev–Trinajstić information content (AvgIpc) is 2.39. The van der Waals surface area contributed by atoms with Crippen molar-refractivity contribution in [3.63, 3.8) is 0 Å². The Labute approximate surface area is 140 Å². The lowest BCUT2D eigenvalue weighted by molar-refractivity contribution is 0.463. The summed E-state index contributed by atoms with van der Waals surface area (Å²) in [6, 6.07) is 0. The van der Waals surface area contributed by atoms with E-state index >= 15 is 0 Å². The first kappa shape index (κ1) is 16.9. The van der Waals surface area contributed by atoms with Crippen LogP contribution in [0, 0.1) is 5.41 Å². The van der Waals surface area contributed by atoms with Crippen LogP contribution in [0.3, 0.4) is 0 Å². The van der Waals surface area contributed by atoms with Crippen LogP contribution in [0.25, 0.3) is 0 Å². The molecule has 0 bridgehead atoms. The van der Waals surface area contributed by atoms with Crippen molar-refractivity contribution in [2.24, 2.45) is 5.41 Å². The largest absolute Gasteiger partial charge is 0.189 e. The second kappa shape index (κ2) is 7.69. The lowest BCUT2D eigenvalue weighted by atomic mass is 9.30. The van der Waals surface area contributed by atoms with E-state index < -0.39 is 0 Å². The van der Waals surface area contributed by atoms with Crippen molar-refractivity contribution in [1.82, 2.24) is 0 Å². The molecule has 0 atom stereocenters. The Kier molecular flexibility index (Phi) is 6.50. The first-order valence-corrected chi connectivity index (χ1v) is 9.93. The van der Waals surface area contributed by atoms with E-state index in [-0.39, 0.29) is 0 Å². The van der Waals surface area contributed by atoms with Crippen molar-refractivity contribution in [3.05, 3.63) is 9.56 Å². The summed E-state index contributed by atoms with van der Waals surface area (Å²) in [5.41, 5.74) is 0.331. The summed E-state index contributed by atoms with van der Waals surface area (Å²) in [6.07, 6.45) is 17.4. The molecule has 0 spiro atoms. The van der Waals surface area contributed by atoms with Gasteiger partial charge in [0.15, 0.2) is 6.71 Å². The minimum absolute atomic E-state index is 0.331. The van der Waals surface area contributed by atoms with E-state index in [1.807, 2.05) is 0 Å². The molecule has 0 N–H and O–H groups in total. The summed E-state index contributed by atoms with van der Waals surface area (Å²) in [5.74, 6) is 1.97. The summed E-state index contributed by atoms with van der Waals surface area (Å²) in [5, 5.41) is 0. The Bertz CT molecular complexity index is 299. The van der Waals surface area contributed by atoms with Crippen LogP contribution in [0.4, 0.5) is 0 Å². The minimum atomic E-state index is 0.331. The van der Waals surface area contributed by atoms with Gasteiger partial charge in [-0.25, -0.2) is 0 Å². The molecule has 0 aromatic rings. The highest BCUT2D eigenvalue weighted by Gasteiger charge is 2.36. The summed E-state index contributed by atoms with van der Waals surface area (Å²) in [6.45, 7) is 7.94. The van der Waals surface area contributed by atoms with Crippen molar-refractivity contribution in [2.45, 2.75) is 96.6 Å². The molecule has 0 nitrogen and oxygen atoms in total. The van der Waals surface area contributed by atoms with Gasteiger partial charge < -0.3 is 0 Å². The van der Waals surface area contributed by atoms with E-state index in [2.05, 4.69) is 49.4 Å². The van der Waals surface area contributed by atoms with Gasteiger partial charge in [-0.15, -0.1) is 0 Å². The fourth-order valence-corrected chi connectivity index (χ4v) is 6.28. The molecule has 2 fully saturated rings. The zero-order chi connectivity index (χ0) is 14.6. The molecular formula is C18H32BI. The van der Waals surface area contributed by atoms with Crippen molar-refractivity contribution in [1.29, 1.82) is 0 Å². The molecule has 0 aromatic heterocycles. The standard InChI is InChI=1S/C18H32BI/c1-18(2,3)14-17(20)19(15-10-6-4-7-11-15)16-12-8-5-9-13-16/h14-16H,4-13H2,1-3H3/b17-14-. The van der Waals surface area contributed by atoms with E-state index in [0.29, 0.717) is 5.41 Å². The highest BCUT2D eigenvalue weighted by atomic mass is 127. The highest BCUT2D eigenvalue weighted by Crippen LogP contribution is 2.46. The van der Waals surface area contributed by atoms with Crippen LogP contribution >= 0.6 is 22.6 Å². The zero-order valence-corrected chi connectivity index (χ0v) is 15.9. The predicted molar refractivity (Wildman–Crippen MR) is 101 cm³/mol. The van der Waals surface area contributed by atoms with Gasteiger partial charge in [0.1, 0.15) is 0 Å². The summed E-state index contributed by atoms with van der Waals surface area (Å²) < 4.78 is 1.69. The molecule has 20 heavy (non-hydrogen) atoms. The topological polar surface area (TPSA) is 0 Å². The van der Waals surface area contributed by atoms with Gasteiger partial charge in [0.2, 0.25) is 0 Å². The molecular weight excluding hydrogens is 354 g/mol. The average molecular weight is 386 g/mol. The Morgan fingerprint density at radius 1 is 0.850 bits per heavy atom. The maximum atomic E-state index is 2.69. The maximum Gasteiger partial charge on any atom is 0.189 e. The second-order valence-corrected chi connectivity index (χ2v) is 9.46. The first-order valence-electron chi connectivity index (χ1n) is 8.85. The van der Waals surface area contributed by atoms with Gasteiger partial charge in [0.25, 0.3) is 0 Å². The number of allylic oxidation sites excluding steroid dienone is 1. The fraction of sp³-hybridized carbons (Fsp3) is 0.889. The highest BCUT2D eigenvalue weighted by molar-refractivity contribution is 14.1. The SMILES string of the molecule is CC(C)(C)/C=C(\I)B(C1CCCCC1)C1CCCCC1. The molecule has 114 valence electrons. The Balaban J connectivity index is 2.15. The van der Waals surface area contributed by atoms with E-state index in [0.717, 1.165) is 18.3 Å². The predicted octanol–water partition coefficient (Wildman–Crippen LogP) is 7.05. The van der Waals surface area contributed by atoms with Crippen LogP contribution in [-0.4, -0.2) is 6.71 Å². The summed E-state index contributed by atoms with van der Waals surface area (Å²) in [7, 11) is 0. The van der Waals surface area contributed by atoms with Gasteiger partial charge >= 0.3 is 0 Å². The molecule has 2 saturated carbocycles. The molecule has 0 aliphatic heterocycles. The van der Waals surface area contributed by atoms with Crippen molar-refractivity contribution in [2.75, 3.05) is 0 Å². The van der Waals surface area contributed by atoms with E-state index in [4.69, 9.17) is 0 Å². The molecule has 2 aliphatic carbocycles. The van der Waals surface area contributed by atoms with Crippen LogP contribution in [0.1, 0.15) is 85.0 Å². The maximum absolute atomic E-state index is 2.69. The van der Waals surface area contributed by atoms with Gasteiger partial charge in [-0.2, -0.15) is 0 Å². The van der Waals surface area contributed by atoms with Gasteiger partial charge in [-0.3, -0.25) is 0 Å². The molecule has 0 heterocycles. The van der Waals surface area contributed by atoms with Crippen LogP contribution in [-0.2, 0) is 0 Å². The van der Waals surface area contributed by atoms with Crippen LogP contribution in [0.5, 0.6) is 0 Å². The quantitative estimate of drug-likeness (QED) is 0.360. The zero-order valence-electron chi connectivity index (χ0n) is 13.8.